The van der Waals surface area contributed by atoms with E-state index >= 15 is 0 Å². The fourth-order valence-corrected chi connectivity index (χ4v) is 2.74. The molecular formula is C19H17F2N3. The van der Waals surface area contributed by atoms with Crippen LogP contribution in [0, 0.1) is 23.0 Å². The molecule has 0 aliphatic heterocycles. The van der Waals surface area contributed by atoms with Gasteiger partial charge in [-0.1, -0.05) is 25.5 Å². The normalized spacial score (nSPS) is 10.9. The Morgan fingerprint density at radius 2 is 1.83 bits per heavy atom. The smallest absolute Gasteiger partial charge is 0.161 e. The van der Waals surface area contributed by atoms with E-state index in [4.69, 9.17) is 5.26 Å². The minimum atomic E-state index is -0.882. The molecule has 0 aliphatic carbocycles. The summed E-state index contributed by atoms with van der Waals surface area (Å²) >= 11 is 0. The second-order valence-electron chi connectivity index (χ2n) is 5.78. The molecule has 1 heterocycles. The molecule has 24 heavy (non-hydrogen) atoms. The molecule has 3 rings (SSSR count). The quantitative estimate of drug-likeness (QED) is 0.689. The van der Waals surface area contributed by atoms with E-state index in [0.29, 0.717) is 23.1 Å². The van der Waals surface area contributed by atoms with Crippen molar-refractivity contribution in [3.05, 3.63) is 65.0 Å². The van der Waals surface area contributed by atoms with Crippen molar-refractivity contribution in [3.8, 4) is 6.07 Å². The average molecular weight is 325 g/mol. The van der Waals surface area contributed by atoms with E-state index in [0.717, 1.165) is 36.7 Å². The first kappa shape index (κ1) is 16.1. The monoisotopic (exact) mass is 325 g/mol. The Balaban J connectivity index is 2.05. The fraction of sp³-hybridized carbons (Fsp3) is 0.263. The number of fused-ring (bicyclic) bond motifs is 1. The largest absolute Gasteiger partial charge is 0.323 e. The van der Waals surface area contributed by atoms with Crippen molar-refractivity contribution >= 4 is 11.0 Å². The zero-order valence-electron chi connectivity index (χ0n) is 13.4. The molecule has 3 nitrogen and oxygen atoms in total. The molecule has 0 amide bonds. The van der Waals surface area contributed by atoms with Gasteiger partial charge in [-0.2, -0.15) is 5.26 Å². The Hall–Kier alpha value is -2.74. The maximum atomic E-state index is 13.7. The third kappa shape index (κ3) is 3.13. The van der Waals surface area contributed by atoms with E-state index in [9.17, 15) is 8.78 Å². The Morgan fingerprint density at radius 3 is 2.50 bits per heavy atom. The summed E-state index contributed by atoms with van der Waals surface area (Å²) in [4.78, 5) is 4.49. The van der Waals surface area contributed by atoms with Crippen LogP contribution in [0.5, 0.6) is 0 Å². The number of halogens is 2. The highest BCUT2D eigenvalue weighted by Gasteiger charge is 2.14. The minimum Gasteiger partial charge on any atom is -0.323 e. The van der Waals surface area contributed by atoms with Gasteiger partial charge in [0.25, 0.3) is 0 Å². The lowest BCUT2D eigenvalue weighted by atomic mass is 10.1. The highest BCUT2D eigenvalue weighted by Crippen LogP contribution is 2.22. The maximum absolute atomic E-state index is 13.7. The average Bonchev–Trinajstić information content (AvgIpc) is 2.91. The first-order valence-electron chi connectivity index (χ1n) is 7.95. The Kier molecular flexibility index (Phi) is 4.57. The molecule has 2 aromatic carbocycles. The van der Waals surface area contributed by atoms with Crippen LogP contribution in [0.2, 0.25) is 0 Å². The molecular weight excluding hydrogens is 308 g/mol. The number of nitriles is 1. The van der Waals surface area contributed by atoms with E-state index in [1.807, 2.05) is 16.7 Å². The lowest BCUT2D eigenvalue weighted by Gasteiger charge is -2.09. The summed E-state index contributed by atoms with van der Waals surface area (Å²) in [6, 6.07) is 11.7. The van der Waals surface area contributed by atoms with Crippen molar-refractivity contribution in [2.75, 3.05) is 0 Å². The highest BCUT2D eigenvalue weighted by atomic mass is 19.2. The molecule has 0 bridgehead atoms. The SMILES string of the molecule is CCCCc1nc2cc(F)c(F)cc2n1Cc1ccc(C#N)cc1. The van der Waals surface area contributed by atoms with Gasteiger partial charge in [0.2, 0.25) is 0 Å². The number of imidazole rings is 1. The molecule has 0 radical (unpaired) electrons. The van der Waals surface area contributed by atoms with Crippen LogP contribution >= 0.6 is 0 Å². The van der Waals surface area contributed by atoms with Crippen molar-refractivity contribution in [1.29, 1.82) is 5.26 Å². The minimum absolute atomic E-state index is 0.466. The lowest BCUT2D eigenvalue weighted by Crippen LogP contribution is -2.05. The third-order valence-corrected chi connectivity index (χ3v) is 4.05. The van der Waals surface area contributed by atoms with Crippen LogP contribution in [0.4, 0.5) is 8.78 Å². The van der Waals surface area contributed by atoms with Gasteiger partial charge in [0, 0.05) is 25.1 Å². The maximum Gasteiger partial charge on any atom is 0.161 e. The number of aromatic nitrogens is 2. The highest BCUT2D eigenvalue weighted by molar-refractivity contribution is 5.76. The second-order valence-corrected chi connectivity index (χ2v) is 5.78. The molecule has 0 spiro atoms. The first-order chi connectivity index (χ1) is 11.6. The fourth-order valence-electron chi connectivity index (χ4n) is 2.74. The van der Waals surface area contributed by atoms with Gasteiger partial charge in [-0.15, -0.1) is 0 Å². The van der Waals surface area contributed by atoms with Gasteiger partial charge in [-0.3, -0.25) is 0 Å². The molecule has 0 saturated heterocycles. The van der Waals surface area contributed by atoms with Gasteiger partial charge in [0.1, 0.15) is 5.82 Å². The van der Waals surface area contributed by atoms with Crippen molar-refractivity contribution in [1.82, 2.24) is 9.55 Å². The standard InChI is InChI=1S/C19H17F2N3/c1-2-3-4-19-23-17-9-15(20)16(21)10-18(17)24(19)12-14-7-5-13(11-22)6-8-14/h5-10H,2-4,12H2,1H3. The predicted octanol–water partition coefficient (Wildman–Crippen LogP) is 4.58. The van der Waals surface area contributed by atoms with Gasteiger partial charge >= 0.3 is 0 Å². The lowest BCUT2D eigenvalue weighted by molar-refractivity contribution is 0.510. The number of hydrogen-bond acceptors (Lipinski definition) is 2. The Bertz CT molecular complexity index is 905. The number of rotatable bonds is 5. The summed E-state index contributed by atoms with van der Waals surface area (Å²) < 4.78 is 29.1. The molecule has 0 aliphatic rings. The Morgan fingerprint density at radius 1 is 1.12 bits per heavy atom. The zero-order valence-corrected chi connectivity index (χ0v) is 13.4. The molecule has 0 atom stereocenters. The van der Waals surface area contributed by atoms with E-state index < -0.39 is 11.6 Å². The first-order valence-corrected chi connectivity index (χ1v) is 7.95. The number of nitrogens with zero attached hydrogens (tertiary/aromatic N) is 3. The number of hydrogen-bond donors (Lipinski definition) is 0. The molecule has 0 N–H and O–H groups in total. The van der Waals surface area contributed by atoms with Crippen LogP contribution in [0.25, 0.3) is 11.0 Å². The van der Waals surface area contributed by atoms with Crippen molar-refractivity contribution in [2.45, 2.75) is 32.7 Å². The number of aryl methyl sites for hydroxylation is 1. The van der Waals surface area contributed by atoms with E-state index in [2.05, 4.69) is 18.0 Å². The second kappa shape index (κ2) is 6.79. The molecule has 3 aromatic rings. The summed E-state index contributed by atoms with van der Waals surface area (Å²) in [6.45, 7) is 2.60. The van der Waals surface area contributed by atoms with Crippen LogP contribution < -0.4 is 0 Å². The number of benzene rings is 2. The van der Waals surface area contributed by atoms with Crippen LogP contribution in [0.1, 0.15) is 36.7 Å². The molecule has 1 aromatic heterocycles. The summed E-state index contributed by atoms with van der Waals surface area (Å²) in [5, 5.41) is 8.88. The predicted molar refractivity (Wildman–Crippen MR) is 88.5 cm³/mol. The Labute approximate surface area is 139 Å². The summed E-state index contributed by atoms with van der Waals surface area (Å²) in [7, 11) is 0. The topological polar surface area (TPSA) is 41.6 Å². The van der Waals surface area contributed by atoms with Crippen LogP contribution in [0.3, 0.4) is 0 Å². The van der Waals surface area contributed by atoms with Crippen molar-refractivity contribution < 1.29 is 8.78 Å². The zero-order chi connectivity index (χ0) is 17.1. The van der Waals surface area contributed by atoms with Gasteiger partial charge in [0.15, 0.2) is 11.6 Å². The van der Waals surface area contributed by atoms with E-state index in [1.165, 1.54) is 6.07 Å². The molecule has 122 valence electrons. The van der Waals surface area contributed by atoms with Crippen molar-refractivity contribution in [2.24, 2.45) is 0 Å². The van der Waals surface area contributed by atoms with Crippen molar-refractivity contribution in [3.63, 3.8) is 0 Å². The van der Waals surface area contributed by atoms with Crippen LogP contribution in [0.15, 0.2) is 36.4 Å². The third-order valence-electron chi connectivity index (χ3n) is 4.05. The van der Waals surface area contributed by atoms with E-state index in [1.54, 1.807) is 12.1 Å². The van der Waals surface area contributed by atoms with Gasteiger partial charge < -0.3 is 4.57 Å². The van der Waals surface area contributed by atoms with Crippen LogP contribution in [-0.4, -0.2) is 9.55 Å². The molecule has 0 unspecified atom stereocenters. The molecule has 0 fully saturated rings. The van der Waals surface area contributed by atoms with Gasteiger partial charge in [-0.25, -0.2) is 13.8 Å². The van der Waals surface area contributed by atoms with Gasteiger partial charge in [0.05, 0.1) is 22.7 Å². The summed E-state index contributed by atoms with van der Waals surface area (Å²) in [6.07, 6.45) is 2.73. The number of unbranched alkanes of at least 4 members (excludes halogenated alkanes) is 1. The van der Waals surface area contributed by atoms with E-state index in [-0.39, 0.29) is 0 Å². The van der Waals surface area contributed by atoms with Gasteiger partial charge in [-0.05, 0) is 24.1 Å². The van der Waals surface area contributed by atoms with Crippen LogP contribution in [-0.2, 0) is 13.0 Å². The molecule has 5 heteroatoms. The summed E-state index contributed by atoms with van der Waals surface area (Å²) in [5.74, 6) is -0.931. The summed E-state index contributed by atoms with van der Waals surface area (Å²) in [5.41, 5.74) is 2.63. The molecule has 0 saturated carbocycles.